The van der Waals surface area contributed by atoms with Crippen LogP contribution in [0.3, 0.4) is 0 Å². The average molecular weight is 381 g/mol. The van der Waals surface area contributed by atoms with Crippen LogP contribution in [0.5, 0.6) is 0 Å². The third kappa shape index (κ3) is 2.54. The van der Waals surface area contributed by atoms with E-state index in [2.05, 4.69) is 42.2 Å². The molecule has 7 heteroatoms. The van der Waals surface area contributed by atoms with Gasteiger partial charge in [-0.2, -0.15) is 0 Å². The minimum atomic E-state index is -0.880. The summed E-state index contributed by atoms with van der Waals surface area (Å²) in [4.78, 5) is 0. The number of aromatic nitrogens is 3. The van der Waals surface area contributed by atoms with Crippen LogP contribution in [0.25, 0.3) is 0 Å². The first-order valence-electron chi connectivity index (χ1n) is 4.68. The van der Waals surface area contributed by atoms with Gasteiger partial charge in [-0.15, -0.1) is 5.10 Å². The summed E-state index contributed by atoms with van der Waals surface area (Å²) in [5, 5.41) is 18.5. The van der Waals surface area contributed by atoms with E-state index in [-0.39, 0.29) is 0 Å². The van der Waals surface area contributed by atoms with Crippen LogP contribution in [-0.2, 0) is 7.05 Å². The molecule has 1 atom stereocenters. The van der Waals surface area contributed by atoms with Gasteiger partial charge in [0.2, 0.25) is 0 Å². The minimum Gasteiger partial charge on any atom is -0.382 e. The highest BCUT2D eigenvalue weighted by Crippen LogP contribution is 2.32. The first-order chi connectivity index (χ1) is 8.00. The van der Waals surface area contributed by atoms with Crippen molar-refractivity contribution >= 4 is 43.5 Å². The van der Waals surface area contributed by atoms with E-state index < -0.39 is 6.10 Å². The van der Waals surface area contributed by atoms with Crippen LogP contribution in [0.15, 0.2) is 27.3 Å². The van der Waals surface area contributed by atoms with E-state index in [1.807, 2.05) is 6.07 Å². The average Bonchev–Trinajstić information content (AvgIpc) is 2.61. The lowest BCUT2D eigenvalue weighted by Gasteiger charge is -2.13. The number of rotatable bonds is 2. The number of aliphatic hydroxyl groups excluding tert-OH is 1. The highest BCUT2D eigenvalue weighted by atomic mass is 79.9. The summed E-state index contributed by atoms with van der Waals surface area (Å²) in [5.41, 5.74) is 1.16. The van der Waals surface area contributed by atoms with Crippen molar-refractivity contribution in [2.45, 2.75) is 6.10 Å². The molecule has 1 aromatic heterocycles. The Morgan fingerprint density at radius 3 is 2.71 bits per heavy atom. The van der Waals surface area contributed by atoms with E-state index in [9.17, 15) is 5.11 Å². The van der Waals surface area contributed by atoms with Crippen LogP contribution in [-0.4, -0.2) is 20.1 Å². The van der Waals surface area contributed by atoms with E-state index in [1.165, 1.54) is 4.68 Å². The Morgan fingerprint density at radius 2 is 2.12 bits per heavy atom. The van der Waals surface area contributed by atoms with Gasteiger partial charge in [0.15, 0.2) is 4.60 Å². The first-order valence-corrected chi connectivity index (χ1v) is 6.65. The maximum Gasteiger partial charge on any atom is 0.154 e. The van der Waals surface area contributed by atoms with Crippen molar-refractivity contribution in [1.82, 2.24) is 15.0 Å². The van der Waals surface area contributed by atoms with E-state index >= 15 is 0 Å². The molecule has 0 amide bonds. The zero-order valence-corrected chi connectivity index (χ0v) is 12.7. The Labute approximate surface area is 120 Å². The molecule has 2 aromatic rings. The van der Waals surface area contributed by atoms with Gasteiger partial charge in [-0.05, 0) is 34.1 Å². The SMILES string of the molecule is Cn1nnc(Br)c1C(O)c1cc(Br)ccc1Cl. The standard InChI is InChI=1S/C10H8Br2ClN3O/c1-16-8(10(12)14-15-16)9(17)6-4-5(11)2-3-7(6)13/h2-4,9,17H,1H3. The van der Waals surface area contributed by atoms with Crippen LogP contribution >= 0.6 is 43.5 Å². The van der Waals surface area contributed by atoms with Crippen molar-refractivity contribution in [3.8, 4) is 0 Å². The molecule has 0 saturated heterocycles. The van der Waals surface area contributed by atoms with Crippen molar-refractivity contribution in [2.75, 3.05) is 0 Å². The van der Waals surface area contributed by atoms with Crippen molar-refractivity contribution in [2.24, 2.45) is 7.05 Å². The summed E-state index contributed by atoms with van der Waals surface area (Å²) >= 11 is 12.7. The molecule has 1 aromatic carbocycles. The second-order valence-corrected chi connectivity index (χ2v) is 5.53. The zero-order chi connectivity index (χ0) is 12.6. The Morgan fingerprint density at radius 1 is 1.41 bits per heavy atom. The lowest BCUT2D eigenvalue weighted by Crippen LogP contribution is -2.07. The monoisotopic (exact) mass is 379 g/mol. The third-order valence-corrected chi connectivity index (χ3v) is 3.74. The molecule has 90 valence electrons. The van der Waals surface area contributed by atoms with Crippen molar-refractivity contribution in [1.29, 1.82) is 0 Å². The molecule has 1 N–H and O–H groups in total. The topological polar surface area (TPSA) is 50.9 Å². The number of aliphatic hydroxyl groups is 1. The molecule has 0 aliphatic heterocycles. The Hall–Kier alpha value is -0.430. The largest absolute Gasteiger partial charge is 0.382 e. The maximum atomic E-state index is 10.3. The van der Waals surface area contributed by atoms with Crippen LogP contribution in [0, 0.1) is 0 Å². The number of aryl methyl sites for hydroxylation is 1. The third-order valence-electron chi connectivity index (χ3n) is 2.34. The van der Waals surface area contributed by atoms with E-state index in [0.717, 1.165) is 4.47 Å². The lowest BCUT2D eigenvalue weighted by molar-refractivity contribution is 0.209. The van der Waals surface area contributed by atoms with Gasteiger partial charge in [-0.3, -0.25) is 0 Å². The Bertz CT molecular complexity index is 539. The predicted molar refractivity (Wildman–Crippen MR) is 71.9 cm³/mol. The fourth-order valence-corrected chi connectivity index (χ4v) is 2.64. The van der Waals surface area contributed by atoms with E-state index in [1.54, 1.807) is 19.2 Å². The molecular weight excluding hydrogens is 373 g/mol. The molecule has 0 aliphatic rings. The van der Waals surface area contributed by atoms with Gasteiger partial charge in [-0.25, -0.2) is 4.68 Å². The second kappa shape index (κ2) is 5.06. The van der Waals surface area contributed by atoms with Gasteiger partial charge in [-0.1, -0.05) is 32.7 Å². The minimum absolute atomic E-state index is 0.494. The van der Waals surface area contributed by atoms with E-state index in [0.29, 0.717) is 20.9 Å². The quantitative estimate of drug-likeness (QED) is 0.870. The highest BCUT2D eigenvalue weighted by Gasteiger charge is 2.21. The zero-order valence-electron chi connectivity index (χ0n) is 8.73. The number of hydrogen-bond donors (Lipinski definition) is 1. The highest BCUT2D eigenvalue weighted by molar-refractivity contribution is 9.10. The lowest BCUT2D eigenvalue weighted by atomic mass is 10.1. The van der Waals surface area contributed by atoms with Gasteiger partial charge in [0.25, 0.3) is 0 Å². The molecule has 0 fully saturated rings. The number of halogens is 3. The predicted octanol–water partition coefficient (Wildman–Crippen LogP) is 3.08. The summed E-state index contributed by atoms with van der Waals surface area (Å²) < 4.78 is 2.86. The molecule has 1 unspecified atom stereocenters. The van der Waals surface area contributed by atoms with Gasteiger partial charge >= 0.3 is 0 Å². The maximum absolute atomic E-state index is 10.3. The second-order valence-electron chi connectivity index (χ2n) is 3.46. The molecule has 17 heavy (non-hydrogen) atoms. The number of hydrogen-bond acceptors (Lipinski definition) is 3. The Balaban J connectivity index is 2.50. The molecule has 1 heterocycles. The van der Waals surface area contributed by atoms with Crippen molar-refractivity contribution in [3.63, 3.8) is 0 Å². The fourth-order valence-electron chi connectivity index (χ4n) is 1.50. The van der Waals surface area contributed by atoms with Gasteiger partial charge in [0.05, 0.1) is 0 Å². The molecular formula is C10H8Br2ClN3O. The smallest absolute Gasteiger partial charge is 0.154 e. The van der Waals surface area contributed by atoms with Crippen LogP contribution in [0.1, 0.15) is 17.4 Å². The fraction of sp³-hybridized carbons (Fsp3) is 0.200. The summed E-state index contributed by atoms with van der Waals surface area (Å²) in [7, 11) is 1.71. The molecule has 4 nitrogen and oxygen atoms in total. The van der Waals surface area contributed by atoms with Crippen molar-refractivity contribution in [3.05, 3.63) is 43.6 Å². The molecule has 2 rings (SSSR count). The normalized spacial score (nSPS) is 12.8. The van der Waals surface area contributed by atoms with Gasteiger partial charge < -0.3 is 5.11 Å². The molecule has 0 saturated carbocycles. The van der Waals surface area contributed by atoms with Gasteiger partial charge in [0.1, 0.15) is 11.8 Å². The summed E-state index contributed by atoms with van der Waals surface area (Å²) in [5.74, 6) is 0. The van der Waals surface area contributed by atoms with Crippen LogP contribution < -0.4 is 0 Å². The van der Waals surface area contributed by atoms with Gasteiger partial charge in [0, 0.05) is 22.1 Å². The molecule has 0 radical (unpaired) electrons. The first kappa shape index (κ1) is 13.0. The van der Waals surface area contributed by atoms with Crippen LogP contribution in [0.2, 0.25) is 5.02 Å². The summed E-state index contributed by atoms with van der Waals surface area (Å²) in [6.07, 6.45) is -0.880. The summed E-state index contributed by atoms with van der Waals surface area (Å²) in [6.45, 7) is 0. The van der Waals surface area contributed by atoms with Crippen LogP contribution in [0.4, 0.5) is 0 Å². The Kier molecular flexibility index (Phi) is 3.87. The number of benzene rings is 1. The van der Waals surface area contributed by atoms with E-state index in [4.69, 9.17) is 11.6 Å². The number of nitrogens with zero attached hydrogens (tertiary/aromatic N) is 3. The molecule has 0 spiro atoms. The van der Waals surface area contributed by atoms with Crippen molar-refractivity contribution < 1.29 is 5.11 Å². The molecule has 0 bridgehead atoms. The molecule has 0 aliphatic carbocycles. The summed E-state index contributed by atoms with van der Waals surface area (Å²) in [6, 6.07) is 5.31.